The van der Waals surface area contributed by atoms with E-state index in [2.05, 4.69) is 15.5 Å². The van der Waals surface area contributed by atoms with Crippen molar-refractivity contribution >= 4 is 5.91 Å². The summed E-state index contributed by atoms with van der Waals surface area (Å²) in [5, 5.41) is 6.67. The van der Waals surface area contributed by atoms with Gasteiger partial charge in [-0.3, -0.25) is 9.69 Å². The predicted octanol–water partition coefficient (Wildman–Crippen LogP) is 1.12. The van der Waals surface area contributed by atoms with Crippen molar-refractivity contribution < 1.29 is 4.79 Å². The van der Waals surface area contributed by atoms with Gasteiger partial charge in [-0.2, -0.15) is 0 Å². The standard InChI is InChI=1S/C15H27N3O/c19-15-14(5-1-2-8-17-15)18(10-12-6-7-12)11-13-4-3-9-16-13/h12-14,16H,1-11H2,(H,17,19). The van der Waals surface area contributed by atoms with E-state index >= 15 is 0 Å². The molecule has 0 aromatic heterocycles. The van der Waals surface area contributed by atoms with Crippen LogP contribution in [0.15, 0.2) is 0 Å². The normalized spacial score (nSPS) is 32.4. The molecule has 0 aromatic rings. The second-order valence-corrected chi connectivity index (χ2v) is 6.49. The van der Waals surface area contributed by atoms with Crippen molar-refractivity contribution in [3.05, 3.63) is 0 Å². The van der Waals surface area contributed by atoms with Gasteiger partial charge in [-0.15, -0.1) is 0 Å². The highest BCUT2D eigenvalue weighted by atomic mass is 16.2. The summed E-state index contributed by atoms with van der Waals surface area (Å²) in [6.07, 6.45) is 8.66. The maximum atomic E-state index is 12.3. The Morgan fingerprint density at radius 3 is 2.63 bits per heavy atom. The van der Waals surface area contributed by atoms with Crippen LogP contribution in [0.25, 0.3) is 0 Å². The first-order valence-corrected chi connectivity index (χ1v) is 8.08. The molecular formula is C15H27N3O. The van der Waals surface area contributed by atoms with E-state index in [0.29, 0.717) is 6.04 Å². The quantitative estimate of drug-likeness (QED) is 0.783. The fourth-order valence-electron chi connectivity index (χ4n) is 3.43. The highest BCUT2D eigenvalue weighted by Crippen LogP contribution is 2.31. The lowest BCUT2D eigenvalue weighted by Crippen LogP contribution is -2.50. The Balaban J connectivity index is 1.63. The SMILES string of the molecule is O=C1NCCCCC1N(CC1CC1)CC1CCCN1. The van der Waals surface area contributed by atoms with Crippen LogP contribution >= 0.6 is 0 Å². The van der Waals surface area contributed by atoms with Crippen LogP contribution in [0, 0.1) is 5.92 Å². The van der Waals surface area contributed by atoms with E-state index in [1.165, 1.54) is 32.1 Å². The van der Waals surface area contributed by atoms with Gasteiger partial charge in [0.05, 0.1) is 6.04 Å². The Morgan fingerprint density at radius 1 is 1.00 bits per heavy atom. The van der Waals surface area contributed by atoms with Gasteiger partial charge in [0.15, 0.2) is 0 Å². The maximum absolute atomic E-state index is 12.3. The van der Waals surface area contributed by atoms with Gasteiger partial charge in [-0.1, -0.05) is 0 Å². The third-order valence-electron chi connectivity index (χ3n) is 4.75. The minimum absolute atomic E-state index is 0.130. The Bertz CT molecular complexity index is 311. The van der Waals surface area contributed by atoms with E-state index in [-0.39, 0.29) is 11.9 Å². The molecule has 108 valence electrons. The summed E-state index contributed by atoms with van der Waals surface area (Å²) in [6, 6.07) is 0.736. The van der Waals surface area contributed by atoms with Gasteiger partial charge in [-0.25, -0.2) is 0 Å². The molecule has 2 aliphatic heterocycles. The monoisotopic (exact) mass is 265 g/mol. The van der Waals surface area contributed by atoms with Crippen molar-refractivity contribution in [2.24, 2.45) is 5.92 Å². The van der Waals surface area contributed by atoms with Gasteiger partial charge in [-0.05, 0) is 57.4 Å². The van der Waals surface area contributed by atoms with Crippen molar-refractivity contribution in [1.29, 1.82) is 0 Å². The van der Waals surface area contributed by atoms with Gasteiger partial charge < -0.3 is 10.6 Å². The lowest BCUT2D eigenvalue weighted by atomic mass is 10.1. The number of rotatable bonds is 5. The van der Waals surface area contributed by atoms with Crippen LogP contribution in [0.1, 0.15) is 44.9 Å². The van der Waals surface area contributed by atoms with Gasteiger partial charge >= 0.3 is 0 Å². The maximum Gasteiger partial charge on any atom is 0.237 e. The summed E-state index contributed by atoms with van der Waals surface area (Å²) in [6.45, 7) is 4.22. The molecule has 0 aromatic carbocycles. The number of hydrogen-bond donors (Lipinski definition) is 2. The molecule has 1 saturated carbocycles. The molecule has 1 amide bonds. The Kier molecular flexibility index (Phi) is 4.38. The van der Waals surface area contributed by atoms with Crippen molar-refractivity contribution in [1.82, 2.24) is 15.5 Å². The summed E-state index contributed by atoms with van der Waals surface area (Å²) in [5.74, 6) is 1.13. The van der Waals surface area contributed by atoms with E-state index in [9.17, 15) is 4.79 Å². The second kappa shape index (κ2) is 6.23. The molecule has 4 heteroatoms. The molecule has 19 heavy (non-hydrogen) atoms. The van der Waals surface area contributed by atoms with Crippen molar-refractivity contribution in [2.75, 3.05) is 26.2 Å². The largest absolute Gasteiger partial charge is 0.355 e. The summed E-state index contributed by atoms with van der Waals surface area (Å²) < 4.78 is 0. The molecule has 1 aliphatic carbocycles. The van der Waals surface area contributed by atoms with Crippen LogP contribution < -0.4 is 10.6 Å². The third-order valence-corrected chi connectivity index (χ3v) is 4.75. The summed E-state index contributed by atoms with van der Waals surface area (Å²) in [5.41, 5.74) is 0. The van der Waals surface area contributed by atoms with Crippen LogP contribution in [0.3, 0.4) is 0 Å². The highest BCUT2D eigenvalue weighted by molar-refractivity contribution is 5.81. The molecule has 2 saturated heterocycles. The van der Waals surface area contributed by atoms with Crippen LogP contribution in [-0.4, -0.2) is 49.1 Å². The minimum atomic E-state index is 0.130. The topological polar surface area (TPSA) is 44.4 Å². The molecule has 3 fully saturated rings. The molecule has 0 spiro atoms. The minimum Gasteiger partial charge on any atom is -0.355 e. The van der Waals surface area contributed by atoms with Gasteiger partial charge in [0.2, 0.25) is 5.91 Å². The van der Waals surface area contributed by atoms with Crippen LogP contribution in [0.4, 0.5) is 0 Å². The number of carbonyl (C=O) groups is 1. The zero-order valence-corrected chi connectivity index (χ0v) is 11.9. The van der Waals surface area contributed by atoms with E-state index < -0.39 is 0 Å². The predicted molar refractivity (Wildman–Crippen MR) is 76.0 cm³/mol. The Labute approximate surface area is 116 Å². The first-order valence-electron chi connectivity index (χ1n) is 8.08. The number of amides is 1. The zero-order chi connectivity index (χ0) is 13.1. The Morgan fingerprint density at radius 2 is 1.89 bits per heavy atom. The molecule has 0 bridgehead atoms. The third kappa shape index (κ3) is 3.69. The molecule has 2 N–H and O–H groups in total. The highest BCUT2D eigenvalue weighted by Gasteiger charge is 2.33. The first-order chi connectivity index (χ1) is 9.33. The summed E-state index contributed by atoms with van der Waals surface area (Å²) >= 11 is 0. The molecule has 2 heterocycles. The number of carbonyl (C=O) groups excluding carboxylic acids is 1. The van der Waals surface area contributed by atoms with Gasteiger partial charge in [0.1, 0.15) is 0 Å². The summed E-state index contributed by atoms with van der Waals surface area (Å²) in [7, 11) is 0. The van der Waals surface area contributed by atoms with Crippen molar-refractivity contribution in [2.45, 2.75) is 57.0 Å². The molecular weight excluding hydrogens is 238 g/mol. The second-order valence-electron chi connectivity index (χ2n) is 6.49. The Hall–Kier alpha value is -0.610. The number of hydrogen-bond acceptors (Lipinski definition) is 3. The molecule has 3 aliphatic rings. The lowest BCUT2D eigenvalue weighted by Gasteiger charge is -2.32. The lowest BCUT2D eigenvalue weighted by molar-refractivity contribution is -0.126. The van der Waals surface area contributed by atoms with E-state index in [1.54, 1.807) is 0 Å². The van der Waals surface area contributed by atoms with Crippen molar-refractivity contribution in [3.8, 4) is 0 Å². The molecule has 0 radical (unpaired) electrons. The number of nitrogens with zero attached hydrogens (tertiary/aromatic N) is 1. The molecule has 3 rings (SSSR count). The fourth-order valence-corrected chi connectivity index (χ4v) is 3.43. The van der Waals surface area contributed by atoms with Gasteiger partial charge in [0.25, 0.3) is 0 Å². The van der Waals surface area contributed by atoms with Gasteiger partial charge in [0, 0.05) is 25.7 Å². The fraction of sp³-hybridized carbons (Fsp3) is 0.933. The average molecular weight is 265 g/mol. The smallest absolute Gasteiger partial charge is 0.237 e. The molecule has 4 nitrogen and oxygen atoms in total. The van der Waals surface area contributed by atoms with E-state index in [4.69, 9.17) is 0 Å². The van der Waals surface area contributed by atoms with E-state index in [0.717, 1.165) is 44.9 Å². The number of nitrogens with one attached hydrogen (secondary N) is 2. The van der Waals surface area contributed by atoms with E-state index in [1.807, 2.05) is 0 Å². The van der Waals surface area contributed by atoms with Crippen molar-refractivity contribution in [3.63, 3.8) is 0 Å². The van der Waals surface area contributed by atoms with Crippen LogP contribution in [0.2, 0.25) is 0 Å². The van der Waals surface area contributed by atoms with Crippen LogP contribution in [0.5, 0.6) is 0 Å². The average Bonchev–Trinajstić information content (AvgIpc) is 3.11. The van der Waals surface area contributed by atoms with Crippen LogP contribution in [-0.2, 0) is 4.79 Å². The molecule has 2 unspecified atom stereocenters. The molecule has 2 atom stereocenters. The first kappa shape index (κ1) is 13.4. The zero-order valence-electron chi connectivity index (χ0n) is 11.9. The summed E-state index contributed by atoms with van der Waals surface area (Å²) in [4.78, 5) is 14.7.